The molecule has 0 saturated carbocycles. The number of thiophene rings is 1. The van der Waals surface area contributed by atoms with Crippen molar-refractivity contribution < 1.29 is 18.7 Å². The second kappa shape index (κ2) is 8.15. The lowest BCUT2D eigenvalue weighted by atomic mass is 10.1. The molecule has 9 nitrogen and oxygen atoms in total. The van der Waals surface area contributed by atoms with Gasteiger partial charge in [-0.1, -0.05) is 18.2 Å². The van der Waals surface area contributed by atoms with Gasteiger partial charge in [-0.05, 0) is 59.5 Å². The summed E-state index contributed by atoms with van der Waals surface area (Å²) in [5.41, 5.74) is 2.10. The molecule has 0 radical (unpaired) electrons. The van der Waals surface area contributed by atoms with Crippen molar-refractivity contribution in [2.24, 2.45) is 0 Å². The first-order valence-corrected chi connectivity index (χ1v) is 10.5. The van der Waals surface area contributed by atoms with Crippen molar-refractivity contribution in [2.45, 2.75) is 25.9 Å². The normalized spacial score (nSPS) is 12.5. The predicted octanol–water partition coefficient (Wildman–Crippen LogP) is 3.41. The average molecular weight is 435 g/mol. The quantitative estimate of drug-likeness (QED) is 0.462. The highest BCUT2D eigenvalue weighted by Crippen LogP contribution is 2.39. The first-order chi connectivity index (χ1) is 15.2. The molecule has 0 fully saturated rings. The number of nitrogens with one attached hydrogen (secondary N) is 1. The smallest absolute Gasteiger partial charge is 0.341 e. The highest BCUT2D eigenvalue weighted by Gasteiger charge is 2.29. The fraction of sp³-hybridized carbons (Fsp3) is 0.190. The molecule has 0 atom stereocenters. The molecule has 3 aromatic heterocycles. The van der Waals surface area contributed by atoms with Crippen LogP contribution in [0.25, 0.3) is 5.69 Å². The van der Waals surface area contributed by atoms with Gasteiger partial charge < -0.3 is 14.5 Å². The molecule has 1 aliphatic rings. The number of tetrazole rings is 1. The highest BCUT2D eigenvalue weighted by atomic mass is 32.1. The third-order valence-electron chi connectivity index (χ3n) is 4.96. The molecule has 31 heavy (non-hydrogen) atoms. The van der Waals surface area contributed by atoms with Gasteiger partial charge in [0.15, 0.2) is 18.2 Å². The number of carbonyl (C=O) groups is 2. The summed E-state index contributed by atoms with van der Waals surface area (Å²) in [6, 6.07) is 12.5. The van der Waals surface area contributed by atoms with Gasteiger partial charge in [0.1, 0.15) is 5.00 Å². The van der Waals surface area contributed by atoms with E-state index in [1.165, 1.54) is 22.3 Å². The summed E-state index contributed by atoms with van der Waals surface area (Å²) in [7, 11) is 0. The van der Waals surface area contributed by atoms with Crippen LogP contribution in [0, 0.1) is 0 Å². The van der Waals surface area contributed by atoms with Gasteiger partial charge in [-0.3, -0.25) is 4.79 Å². The Morgan fingerprint density at radius 1 is 1.16 bits per heavy atom. The van der Waals surface area contributed by atoms with E-state index in [-0.39, 0.29) is 12.4 Å². The number of anilines is 1. The van der Waals surface area contributed by atoms with Gasteiger partial charge in [-0.25, -0.2) is 4.79 Å². The van der Waals surface area contributed by atoms with Crippen LogP contribution in [0.2, 0.25) is 0 Å². The number of ether oxygens (including phenoxy) is 1. The standard InChI is InChI=1S/C21H17N5O4S/c27-19(15-9-5-11-29-15)22-20-18(14-8-4-10-16(14)31-20)21(28)30-12-17-23-24-25-26(17)13-6-2-1-3-7-13/h1-3,5-7,9,11H,4,8,10,12H2,(H,22,27). The largest absolute Gasteiger partial charge is 0.459 e. The molecular weight excluding hydrogens is 418 g/mol. The maximum absolute atomic E-state index is 13.0. The lowest BCUT2D eigenvalue weighted by molar-refractivity contribution is 0.0460. The molecule has 1 amide bonds. The summed E-state index contributed by atoms with van der Waals surface area (Å²) in [6.07, 6.45) is 4.05. The van der Waals surface area contributed by atoms with Gasteiger partial charge >= 0.3 is 5.97 Å². The van der Waals surface area contributed by atoms with Crippen LogP contribution < -0.4 is 5.32 Å². The third-order valence-corrected chi connectivity index (χ3v) is 6.17. The Labute approximate surface area is 180 Å². The predicted molar refractivity (Wildman–Crippen MR) is 111 cm³/mol. The zero-order chi connectivity index (χ0) is 21.2. The molecule has 156 valence electrons. The highest BCUT2D eigenvalue weighted by molar-refractivity contribution is 7.17. The van der Waals surface area contributed by atoms with Gasteiger partial charge in [-0.15, -0.1) is 16.4 Å². The lowest BCUT2D eigenvalue weighted by Gasteiger charge is -2.09. The first kappa shape index (κ1) is 19.2. The zero-order valence-corrected chi connectivity index (χ0v) is 17.1. The Morgan fingerprint density at radius 3 is 2.84 bits per heavy atom. The Kier molecular flexibility index (Phi) is 5.04. The molecular formula is C21H17N5O4S. The fourth-order valence-electron chi connectivity index (χ4n) is 3.55. The van der Waals surface area contributed by atoms with Crippen LogP contribution in [0.1, 0.15) is 43.6 Å². The zero-order valence-electron chi connectivity index (χ0n) is 16.3. The number of amides is 1. The van der Waals surface area contributed by atoms with Crippen molar-refractivity contribution in [1.82, 2.24) is 20.2 Å². The number of esters is 1. The second-order valence-electron chi connectivity index (χ2n) is 6.91. The molecule has 3 heterocycles. The van der Waals surface area contributed by atoms with Crippen LogP contribution >= 0.6 is 11.3 Å². The molecule has 0 unspecified atom stereocenters. The number of benzene rings is 1. The molecule has 0 bridgehead atoms. The number of hydrogen-bond acceptors (Lipinski definition) is 8. The Morgan fingerprint density at radius 2 is 2.03 bits per heavy atom. The number of aryl methyl sites for hydroxylation is 1. The van der Waals surface area contributed by atoms with E-state index in [0.717, 1.165) is 35.4 Å². The monoisotopic (exact) mass is 435 g/mol. The number of nitrogens with zero attached hydrogens (tertiary/aromatic N) is 4. The summed E-state index contributed by atoms with van der Waals surface area (Å²) in [5, 5.41) is 14.9. The maximum atomic E-state index is 13.0. The van der Waals surface area contributed by atoms with Gasteiger partial charge in [0.25, 0.3) is 5.91 Å². The van der Waals surface area contributed by atoms with E-state index in [1.54, 1.807) is 12.1 Å². The number of rotatable bonds is 6. The summed E-state index contributed by atoms with van der Waals surface area (Å²) in [4.78, 5) is 26.6. The molecule has 0 aliphatic heterocycles. The second-order valence-corrected chi connectivity index (χ2v) is 8.02. The molecule has 5 rings (SSSR count). The lowest BCUT2D eigenvalue weighted by Crippen LogP contribution is -2.15. The summed E-state index contributed by atoms with van der Waals surface area (Å²) in [5.74, 6) is -0.355. The first-order valence-electron chi connectivity index (χ1n) is 9.70. The molecule has 1 aliphatic carbocycles. The van der Waals surface area contributed by atoms with Crippen LogP contribution in [0.3, 0.4) is 0 Å². The average Bonchev–Trinajstić information content (AvgIpc) is 3.57. The number of para-hydroxylation sites is 1. The van der Waals surface area contributed by atoms with Crippen molar-refractivity contribution in [3.8, 4) is 5.69 Å². The van der Waals surface area contributed by atoms with Crippen molar-refractivity contribution in [3.63, 3.8) is 0 Å². The van der Waals surface area contributed by atoms with Crippen LogP contribution in [0.5, 0.6) is 0 Å². The third kappa shape index (κ3) is 3.73. The number of fused-ring (bicyclic) bond motifs is 1. The van der Waals surface area contributed by atoms with Crippen molar-refractivity contribution in [3.05, 3.63) is 76.3 Å². The summed E-state index contributed by atoms with van der Waals surface area (Å²) >= 11 is 1.41. The summed E-state index contributed by atoms with van der Waals surface area (Å²) < 4.78 is 12.2. The molecule has 0 saturated heterocycles. The van der Waals surface area contributed by atoms with Crippen LogP contribution in [-0.2, 0) is 24.2 Å². The van der Waals surface area contributed by atoms with E-state index >= 15 is 0 Å². The SMILES string of the molecule is O=C(Nc1sc2c(c1C(=O)OCc1nnnn1-c1ccccc1)CCC2)c1ccco1. The van der Waals surface area contributed by atoms with Crippen molar-refractivity contribution in [1.29, 1.82) is 0 Å². The molecule has 4 aromatic rings. The number of hydrogen-bond donors (Lipinski definition) is 1. The van der Waals surface area contributed by atoms with E-state index in [1.807, 2.05) is 30.3 Å². The van der Waals surface area contributed by atoms with E-state index in [2.05, 4.69) is 20.8 Å². The Hall–Kier alpha value is -3.79. The van der Waals surface area contributed by atoms with Gasteiger partial charge in [-0.2, -0.15) is 4.68 Å². The van der Waals surface area contributed by atoms with Crippen LogP contribution in [-0.4, -0.2) is 32.1 Å². The van der Waals surface area contributed by atoms with Gasteiger partial charge in [0.05, 0.1) is 17.5 Å². The van der Waals surface area contributed by atoms with Crippen LogP contribution in [0.15, 0.2) is 53.1 Å². The van der Waals surface area contributed by atoms with E-state index in [4.69, 9.17) is 9.15 Å². The van der Waals surface area contributed by atoms with Gasteiger partial charge in [0, 0.05) is 4.88 Å². The van der Waals surface area contributed by atoms with Gasteiger partial charge in [0.2, 0.25) is 0 Å². The fourth-order valence-corrected chi connectivity index (χ4v) is 4.82. The minimum atomic E-state index is -0.517. The maximum Gasteiger partial charge on any atom is 0.341 e. The van der Waals surface area contributed by atoms with Crippen LogP contribution in [0.4, 0.5) is 5.00 Å². The van der Waals surface area contributed by atoms with Crippen molar-refractivity contribution >= 4 is 28.2 Å². The summed E-state index contributed by atoms with van der Waals surface area (Å²) in [6.45, 7) is -0.100. The molecule has 10 heteroatoms. The van der Waals surface area contributed by atoms with E-state index in [0.29, 0.717) is 16.4 Å². The van der Waals surface area contributed by atoms with E-state index < -0.39 is 11.9 Å². The topological polar surface area (TPSA) is 112 Å². The Bertz CT molecular complexity index is 1230. The molecule has 0 spiro atoms. The minimum absolute atomic E-state index is 0.100. The van der Waals surface area contributed by atoms with Crippen molar-refractivity contribution in [2.75, 3.05) is 5.32 Å². The molecule has 1 aromatic carbocycles. The minimum Gasteiger partial charge on any atom is -0.459 e. The number of carbonyl (C=O) groups excluding carboxylic acids is 2. The van der Waals surface area contributed by atoms with E-state index in [9.17, 15) is 9.59 Å². The number of aromatic nitrogens is 4. The Balaban J connectivity index is 1.37. The molecule has 1 N–H and O–H groups in total. The number of furan rings is 1.